The van der Waals surface area contributed by atoms with Gasteiger partial charge in [-0.15, -0.1) is 0 Å². The SMILES string of the molecule is CCOc1ccc(OCC)c(N2CCN(CCCCNC(=O)c3ccc(NC(=O)c4ccc(Cl)cc4)cc3)CC2)c1. The molecule has 0 radical (unpaired) electrons. The summed E-state index contributed by atoms with van der Waals surface area (Å²) < 4.78 is 11.6. The molecule has 1 fully saturated rings. The Bertz CT molecular complexity index is 1280. The number of nitrogens with one attached hydrogen (secondary N) is 2. The molecule has 0 aromatic heterocycles. The molecular weight excluding hydrogens is 540 g/mol. The average molecular weight is 579 g/mol. The van der Waals surface area contributed by atoms with Gasteiger partial charge in [-0.1, -0.05) is 11.6 Å². The Morgan fingerprint density at radius 3 is 2.15 bits per heavy atom. The largest absolute Gasteiger partial charge is 0.494 e. The fraction of sp³-hybridized carbons (Fsp3) is 0.375. The first-order valence-electron chi connectivity index (χ1n) is 14.3. The van der Waals surface area contributed by atoms with Crippen molar-refractivity contribution in [2.75, 3.05) is 62.7 Å². The predicted molar refractivity (Wildman–Crippen MR) is 165 cm³/mol. The lowest BCUT2D eigenvalue weighted by molar-refractivity contribution is 0.0952. The fourth-order valence-corrected chi connectivity index (χ4v) is 4.89. The van der Waals surface area contributed by atoms with Gasteiger partial charge in [0.2, 0.25) is 0 Å². The van der Waals surface area contributed by atoms with Gasteiger partial charge >= 0.3 is 0 Å². The standard InChI is InChI=1S/C32H39ClN4O4/c1-3-40-28-15-16-30(41-4-2)29(23-28)37-21-19-36(20-22-37)18-6-5-17-34-31(38)24-9-13-27(14-10-24)35-32(39)25-7-11-26(33)12-8-25/h7-16,23H,3-6,17-22H2,1-2H3,(H,34,38)(H,35,39). The van der Waals surface area contributed by atoms with Crippen molar-refractivity contribution in [2.45, 2.75) is 26.7 Å². The second kappa shape index (κ2) is 15.3. The Labute approximate surface area is 247 Å². The minimum atomic E-state index is -0.230. The molecule has 8 nitrogen and oxygen atoms in total. The Hall–Kier alpha value is -3.75. The number of unbranched alkanes of at least 4 members (excludes halogenated alkanes) is 1. The highest BCUT2D eigenvalue weighted by Crippen LogP contribution is 2.33. The molecule has 1 heterocycles. The van der Waals surface area contributed by atoms with Crippen LogP contribution in [0.15, 0.2) is 66.7 Å². The van der Waals surface area contributed by atoms with Crippen LogP contribution in [-0.4, -0.2) is 69.2 Å². The number of halogens is 1. The van der Waals surface area contributed by atoms with Crippen LogP contribution < -0.4 is 25.0 Å². The van der Waals surface area contributed by atoms with Gasteiger partial charge in [-0.3, -0.25) is 14.5 Å². The van der Waals surface area contributed by atoms with E-state index in [1.54, 1.807) is 48.5 Å². The first-order valence-corrected chi connectivity index (χ1v) is 14.7. The molecule has 4 rings (SSSR count). The molecule has 41 heavy (non-hydrogen) atoms. The number of carbonyl (C=O) groups excluding carboxylic acids is 2. The summed E-state index contributed by atoms with van der Waals surface area (Å²) in [6, 6.07) is 19.6. The summed E-state index contributed by atoms with van der Waals surface area (Å²) in [5, 5.41) is 6.40. The van der Waals surface area contributed by atoms with Gasteiger partial charge in [-0.05, 0) is 93.9 Å². The number of hydrogen-bond donors (Lipinski definition) is 2. The van der Waals surface area contributed by atoms with Crippen molar-refractivity contribution in [3.63, 3.8) is 0 Å². The van der Waals surface area contributed by atoms with Gasteiger partial charge in [0, 0.05) is 60.6 Å². The van der Waals surface area contributed by atoms with Crippen molar-refractivity contribution in [3.8, 4) is 11.5 Å². The molecule has 1 aliphatic heterocycles. The molecule has 3 aromatic carbocycles. The Morgan fingerprint density at radius 1 is 0.805 bits per heavy atom. The zero-order valence-electron chi connectivity index (χ0n) is 23.8. The van der Waals surface area contributed by atoms with E-state index < -0.39 is 0 Å². The molecule has 2 amide bonds. The summed E-state index contributed by atoms with van der Waals surface area (Å²) in [5.74, 6) is 1.42. The minimum absolute atomic E-state index is 0.117. The van der Waals surface area contributed by atoms with Gasteiger partial charge in [0.15, 0.2) is 0 Å². The van der Waals surface area contributed by atoms with Crippen molar-refractivity contribution >= 4 is 34.8 Å². The summed E-state index contributed by atoms with van der Waals surface area (Å²) in [4.78, 5) is 29.8. The number of ether oxygens (including phenoxy) is 2. The number of anilines is 2. The Morgan fingerprint density at radius 2 is 1.46 bits per heavy atom. The third-order valence-corrected chi connectivity index (χ3v) is 7.20. The van der Waals surface area contributed by atoms with Gasteiger partial charge in [0.25, 0.3) is 11.8 Å². The minimum Gasteiger partial charge on any atom is -0.494 e. The van der Waals surface area contributed by atoms with Crippen LogP contribution in [0.5, 0.6) is 11.5 Å². The first-order chi connectivity index (χ1) is 20.0. The third kappa shape index (κ3) is 8.87. The van der Waals surface area contributed by atoms with E-state index in [0.29, 0.717) is 41.6 Å². The summed E-state index contributed by atoms with van der Waals surface area (Å²) in [5.41, 5.74) is 2.79. The van der Waals surface area contributed by atoms with Crippen molar-refractivity contribution in [2.24, 2.45) is 0 Å². The van der Waals surface area contributed by atoms with Gasteiger partial charge < -0.3 is 25.0 Å². The van der Waals surface area contributed by atoms with Crippen LogP contribution in [-0.2, 0) is 0 Å². The van der Waals surface area contributed by atoms with Gasteiger partial charge in [0.05, 0.1) is 18.9 Å². The topological polar surface area (TPSA) is 83.1 Å². The first kappa shape index (κ1) is 30.2. The molecule has 218 valence electrons. The Balaban J connectivity index is 1.14. The van der Waals surface area contributed by atoms with Gasteiger partial charge in [0.1, 0.15) is 11.5 Å². The number of benzene rings is 3. The second-order valence-corrected chi connectivity index (χ2v) is 10.3. The number of piperazine rings is 1. The molecular formula is C32H39ClN4O4. The van der Waals surface area contributed by atoms with E-state index in [9.17, 15) is 9.59 Å². The van der Waals surface area contributed by atoms with Crippen LogP contribution in [0.25, 0.3) is 0 Å². The number of nitrogens with zero attached hydrogens (tertiary/aromatic N) is 2. The molecule has 0 atom stereocenters. The van der Waals surface area contributed by atoms with Gasteiger partial charge in [-0.25, -0.2) is 0 Å². The highest BCUT2D eigenvalue weighted by molar-refractivity contribution is 6.30. The van der Waals surface area contributed by atoms with E-state index in [0.717, 1.165) is 62.8 Å². The monoisotopic (exact) mass is 578 g/mol. The van der Waals surface area contributed by atoms with Crippen LogP contribution in [0.4, 0.5) is 11.4 Å². The molecule has 0 saturated carbocycles. The zero-order valence-corrected chi connectivity index (χ0v) is 24.6. The normalized spacial score (nSPS) is 13.5. The third-order valence-electron chi connectivity index (χ3n) is 6.95. The molecule has 0 bridgehead atoms. The lowest BCUT2D eigenvalue weighted by atomic mass is 10.1. The van der Waals surface area contributed by atoms with Crippen LogP contribution >= 0.6 is 11.6 Å². The molecule has 1 aliphatic rings. The maximum atomic E-state index is 12.6. The molecule has 3 aromatic rings. The van der Waals surface area contributed by atoms with E-state index in [1.807, 2.05) is 26.0 Å². The molecule has 1 saturated heterocycles. The summed E-state index contributed by atoms with van der Waals surface area (Å²) in [7, 11) is 0. The summed E-state index contributed by atoms with van der Waals surface area (Å²) in [6.45, 7) is 10.7. The molecule has 0 aliphatic carbocycles. The van der Waals surface area contributed by atoms with Crippen molar-refractivity contribution in [1.29, 1.82) is 0 Å². The fourth-order valence-electron chi connectivity index (χ4n) is 4.76. The number of carbonyl (C=O) groups is 2. The van der Waals surface area contributed by atoms with Crippen molar-refractivity contribution in [3.05, 3.63) is 82.9 Å². The Kier molecular flexibility index (Phi) is 11.3. The maximum Gasteiger partial charge on any atom is 0.255 e. The highest BCUT2D eigenvalue weighted by atomic mass is 35.5. The summed E-state index contributed by atoms with van der Waals surface area (Å²) in [6.07, 6.45) is 1.92. The van der Waals surface area contributed by atoms with Crippen molar-refractivity contribution < 1.29 is 19.1 Å². The van der Waals surface area contributed by atoms with E-state index in [1.165, 1.54) is 0 Å². The van der Waals surface area contributed by atoms with E-state index >= 15 is 0 Å². The number of hydrogen-bond acceptors (Lipinski definition) is 6. The lowest BCUT2D eigenvalue weighted by Crippen LogP contribution is -2.46. The van der Waals surface area contributed by atoms with E-state index in [2.05, 4.69) is 26.5 Å². The molecule has 0 unspecified atom stereocenters. The van der Waals surface area contributed by atoms with E-state index in [-0.39, 0.29) is 11.8 Å². The molecule has 0 spiro atoms. The van der Waals surface area contributed by atoms with Crippen molar-refractivity contribution in [1.82, 2.24) is 10.2 Å². The number of amides is 2. The quantitative estimate of drug-likeness (QED) is 0.252. The average Bonchev–Trinajstić information content (AvgIpc) is 2.99. The highest BCUT2D eigenvalue weighted by Gasteiger charge is 2.20. The van der Waals surface area contributed by atoms with Crippen LogP contribution in [0.1, 0.15) is 47.4 Å². The van der Waals surface area contributed by atoms with Crippen LogP contribution in [0.3, 0.4) is 0 Å². The van der Waals surface area contributed by atoms with Gasteiger partial charge in [-0.2, -0.15) is 0 Å². The lowest BCUT2D eigenvalue weighted by Gasteiger charge is -2.36. The molecule has 9 heteroatoms. The smallest absolute Gasteiger partial charge is 0.255 e. The predicted octanol–water partition coefficient (Wildman–Crippen LogP) is 5.72. The number of rotatable bonds is 13. The molecule has 2 N–H and O–H groups in total. The van der Waals surface area contributed by atoms with E-state index in [4.69, 9.17) is 21.1 Å². The maximum absolute atomic E-state index is 12.6. The zero-order chi connectivity index (χ0) is 29.0. The van der Waals surface area contributed by atoms with Crippen LogP contribution in [0.2, 0.25) is 5.02 Å². The summed E-state index contributed by atoms with van der Waals surface area (Å²) >= 11 is 5.88. The second-order valence-electron chi connectivity index (χ2n) is 9.83. The van der Waals surface area contributed by atoms with Crippen LogP contribution in [0, 0.1) is 0 Å².